The quantitative estimate of drug-likeness (QED) is 0.688. The highest BCUT2D eigenvalue weighted by atomic mass is 16.2. The summed E-state index contributed by atoms with van der Waals surface area (Å²) in [7, 11) is 0. The fourth-order valence-electron chi connectivity index (χ4n) is 2.91. The minimum atomic E-state index is -0.680. The number of hydrogen-bond donors (Lipinski definition) is 2. The fraction of sp³-hybridized carbons (Fsp3) is 0.333. The average molecular weight is 379 g/mol. The first-order valence-corrected chi connectivity index (χ1v) is 9.41. The van der Waals surface area contributed by atoms with Gasteiger partial charge in [0.2, 0.25) is 5.91 Å². The lowest BCUT2D eigenvalue weighted by molar-refractivity contribution is -0.117. The summed E-state index contributed by atoms with van der Waals surface area (Å²) in [6, 6.07) is 10.3. The van der Waals surface area contributed by atoms with Crippen molar-refractivity contribution >= 4 is 28.5 Å². The number of fused-ring (bicyclic) bond motifs is 1. The first kappa shape index (κ1) is 19.5. The van der Waals surface area contributed by atoms with Crippen LogP contribution in [0.1, 0.15) is 41.8 Å². The first-order valence-electron chi connectivity index (χ1n) is 9.41. The van der Waals surface area contributed by atoms with E-state index in [1.165, 1.54) is 0 Å². The van der Waals surface area contributed by atoms with Gasteiger partial charge < -0.3 is 10.6 Å². The summed E-state index contributed by atoms with van der Waals surface area (Å²) < 4.78 is 1.82. The monoisotopic (exact) mass is 379 g/mol. The summed E-state index contributed by atoms with van der Waals surface area (Å²) in [5, 5.41) is 13.8. The van der Waals surface area contributed by atoms with E-state index in [1.807, 2.05) is 42.8 Å². The molecule has 1 aromatic heterocycles. The maximum atomic E-state index is 12.5. The van der Waals surface area contributed by atoms with Crippen molar-refractivity contribution in [2.45, 2.75) is 46.7 Å². The summed E-state index contributed by atoms with van der Waals surface area (Å²) in [4.78, 5) is 25.0. The number of rotatable bonds is 6. The predicted molar refractivity (Wildman–Crippen MR) is 109 cm³/mol. The van der Waals surface area contributed by atoms with Crippen molar-refractivity contribution in [3.05, 3.63) is 53.1 Å². The van der Waals surface area contributed by atoms with E-state index in [4.69, 9.17) is 0 Å². The molecule has 0 bridgehead atoms. The van der Waals surface area contributed by atoms with Gasteiger partial charge in [-0.15, -0.1) is 5.10 Å². The van der Waals surface area contributed by atoms with Crippen LogP contribution in [0, 0.1) is 13.8 Å². The van der Waals surface area contributed by atoms with Crippen LogP contribution in [0.15, 0.2) is 36.4 Å². The summed E-state index contributed by atoms with van der Waals surface area (Å²) >= 11 is 0. The Bertz CT molecular complexity index is 1020. The molecule has 0 spiro atoms. The summed E-state index contributed by atoms with van der Waals surface area (Å²) in [6.07, 6.45) is 0.952. The molecule has 0 fully saturated rings. The summed E-state index contributed by atoms with van der Waals surface area (Å²) in [6.45, 7) is 8.51. The first-order chi connectivity index (χ1) is 13.4. The minimum Gasteiger partial charge on any atom is -0.341 e. The zero-order valence-electron chi connectivity index (χ0n) is 16.6. The molecule has 2 amide bonds. The number of nitrogens with zero attached hydrogens (tertiary/aromatic N) is 3. The van der Waals surface area contributed by atoms with Crippen LogP contribution in [-0.4, -0.2) is 32.9 Å². The maximum absolute atomic E-state index is 12.5. The number of amides is 2. The van der Waals surface area contributed by atoms with Crippen LogP contribution in [0.25, 0.3) is 11.0 Å². The van der Waals surface area contributed by atoms with Gasteiger partial charge in [0.25, 0.3) is 5.91 Å². The van der Waals surface area contributed by atoms with Gasteiger partial charge in [0.15, 0.2) is 0 Å². The number of anilines is 1. The molecule has 1 unspecified atom stereocenters. The van der Waals surface area contributed by atoms with Gasteiger partial charge in [-0.1, -0.05) is 18.2 Å². The van der Waals surface area contributed by atoms with Crippen molar-refractivity contribution in [2.24, 2.45) is 0 Å². The normalized spacial score (nSPS) is 12.0. The van der Waals surface area contributed by atoms with Crippen molar-refractivity contribution in [3.8, 4) is 0 Å². The average Bonchev–Trinajstić information content (AvgIpc) is 3.07. The van der Waals surface area contributed by atoms with Gasteiger partial charge in [-0.05, 0) is 68.7 Å². The van der Waals surface area contributed by atoms with E-state index in [2.05, 4.69) is 27.9 Å². The number of hydrogen-bond acceptors (Lipinski definition) is 4. The Morgan fingerprint density at radius 1 is 1.11 bits per heavy atom. The molecule has 0 saturated carbocycles. The highest BCUT2D eigenvalue weighted by molar-refractivity contribution is 6.02. The molecule has 146 valence electrons. The van der Waals surface area contributed by atoms with Crippen molar-refractivity contribution in [1.82, 2.24) is 20.3 Å². The third-order valence-corrected chi connectivity index (χ3v) is 4.73. The van der Waals surface area contributed by atoms with Crippen LogP contribution in [0.5, 0.6) is 0 Å². The lowest BCUT2D eigenvalue weighted by atomic mass is 10.1. The highest BCUT2D eigenvalue weighted by Crippen LogP contribution is 2.16. The van der Waals surface area contributed by atoms with Crippen molar-refractivity contribution in [1.29, 1.82) is 0 Å². The second-order valence-electron chi connectivity index (χ2n) is 7.00. The van der Waals surface area contributed by atoms with Gasteiger partial charge in [-0.3, -0.25) is 9.59 Å². The molecule has 0 aliphatic rings. The Hall–Kier alpha value is -3.22. The number of nitrogens with one attached hydrogen (secondary N) is 2. The van der Waals surface area contributed by atoms with Crippen LogP contribution in [0.2, 0.25) is 0 Å². The van der Waals surface area contributed by atoms with Gasteiger partial charge in [0.05, 0.1) is 5.52 Å². The Balaban J connectivity index is 1.66. The molecule has 1 atom stereocenters. The third-order valence-electron chi connectivity index (χ3n) is 4.73. The highest BCUT2D eigenvalue weighted by Gasteiger charge is 2.18. The number of aromatic nitrogens is 3. The fourth-order valence-corrected chi connectivity index (χ4v) is 2.91. The van der Waals surface area contributed by atoms with E-state index in [9.17, 15) is 9.59 Å². The smallest absolute Gasteiger partial charge is 0.251 e. The zero-order chi connectivity index (χ0) is 20.3. The van der Waals surface area contributed by atoms with E-state index in [0.717, 1.165) is 29.6 Å². The van der Waals surface area contributed by atoms with E-state index >= 15 is 0 Å². The van der Waals surface area contributed by atoms with Gasteiger partial charge >= 0.3 is 0 Å². The van der Waals surface area contributed by atoms with Gasteiger partial charge in [0.1, 0.15) is 11.6 Å². The molecule has 0 aliphatic carbocycles. The molecule has 2 N–H and O–H groups in total. The molecule has 2 aromatic carbocycles. The van der Waals surface area contributed by atoms with Gasteiger partial charge in [-0.25, -0.2) is 4.68 Å². The largest absolute Gasteiger partial charge is 0.341 e. The van der Waals surface area contributed by atoms with Crippen molar-refractivity contribution in [3.63, 3.8) is 0 Å². The van der Waals surface area contributed by atoms with Crippen LogP contribution >= 0.6 is 0 Å². The maximum Gasteiger partial charge on any atom is 0.251 e. The standard InChI is InChI=1S/C21H25N5O2/c1-5-10-26-19-9-7-16(12-18(19)24-25-26)21(28)22-15(4)20(27)23-17-8-6-13(2)14(3)11-17/h6-9,11-12,15H,5,10H2,1-4H3,(H,22,28)(H,23,27). The zero-order valence-corrected chi connectivity index (χ0v) is 16.6. The van der Waals surface area contributed by atoms with E-state index in [0.29, 0.717) is 16.8 Å². The van der Waals surface area contributed by atoms with E-state index < -0.39 is 6.04 Å². The Labute approximate surface area is 164 Å². The Morgan fingerprint density at radius 2 is 1.89 bits per heavy atom. The van der Waals surface area contributed by atoms with E-state index in [-0.39, 0.29) is 11.8 Å². The Morgan fingerprint density at radius 3 is 2.61 bits per heavy atom. The number of benzene rings is 2. The summed E-state index contributed by atoms with van der Waals surface area (Å²) in [5.41, 5.74) is 4.96. The predicted octanol–water partition coefficient (Wildman–Crippen LogP) is 3.22. The van der Waals surface area contributed by atoms with Gasteiger partial charge in [0, 0.05) is 17.8 Å². The number of carbonyl (C=O) groups excluding carboxylic acids is 2. The van der Waals surface area contributed by atoms with E-state index in [1.54, 1.807) is 19.1 Å². The minimum absolute atomic E-state index is 0.272. The molecule has 0 aliphatic heterocycles. The molecular formula is C21H25N5O2. The third kappa shape index (κ3) is 4.19. The molecule has 28 heavy (non-hydrogen) atoms. The molecular weight excluding hydrogens is 354 g/mol. The molecule has 7 heteroatoms. The number of carbonyl (C=O) groups is 2. The topological polar surface area (TPSA) is 88.9 Å². The van der Waals surface area contributed by atoms with Crippen LogP contribution in [0.3, 0.4) is 0 Å². The molecule has 3 rings (SSSR count). The molecule has 3 aromatic rings. The molecule has 0 radical (unpaired) electrons. The molecule has 7 nitrogen and oxygen atoms in total. The van der Waals surface area contributed by atoms with Crippen LogP contribution in [-0.2, 0) is 11.3 Å². The Kier molecular flexibility index (Phi) is 5.73. The van der Waals surface area contributed by atoms with Crippen molar-refractivity contribution < 1.29 is 9.59 Å². The second kappa shape index (κ2) is 8.21. The molecule has 1 heterocycles. The SMILES string of the molecule is CCCn1nnc2cc(C(=O)NC(C)C(=O)Nc3ccc(C)c(C)c3)ccc21. The summed E-state index contributed by atoms with van der Waals surface area (Å²) in [5.74, 6) is -0.596. The van der Waals surface area contributed by atoms with Crippen molar-refractivity contribution in [2.75, 3.05) is 5.32 Å². The van der Waals surface area contributed by atoms with Crippen LogP contribution in [0.4, 0.5) is 5.69 Å². The number of aryl methyl sites for hydroxylation is 3. The van der Waals surface area contributed by atoms with Gasteiger partial charge in [-0.2, -0.15) is 0 Å². The lowest BCUT2D eigenvalue weighted by Gasteiger charge is -2.15. The molecule has 0 saturated heterocycles. The lowest BCUT2D eigenvalue weighted by Crippen LogP contribution is -2.41. The second-order valence-corrected chi connectivity index (χ2v) is 7.00. The van der Waals surface area contributed by atoms with Crippen LogP contribution < -0.4 is 10.6 Å².